The third kappa shape index (κ3) is 4.03. The van der Waals surface area contributed by atoms with Gasteiger partial charge < -0.3 is 11.1 Å². The number of nitrogens with two attached hydrogens (primary N) is 1. The van der Waals surface area contributed by atoms with Crippen LogP contribution in [0.2, 0.25) is 0 Å². The summed E-state index contributed by atoms with van der Waals surface area (Å²) < 4.78 is 0. The van der Waals surface area contributed by atoms with Gasteiger partial charge >= 0.3 is 0 Å². The normalized spacial score (nSPS) is 12.9. The fourth-order valence-electron chi connectivity index (χ4n) is 0.316. The molecule has 0 saturated carbocycles. The summed E-state index contributed by atoms with van der Waals surface area (Å²) in [5.74, 6) is -0.137. The van der Waals surface area contributed by atoms with E-state index in [1.54, 1.807) is 7.05 Å². The molecule has 0 spiro atoms. The van der Waals surface area contributed by atoms with Crippen molar-refractivity contribution in [3.8, 4) is 0 Å². The molecule has 0 radical (unpaired) electrons. The molecule has 48 valence electrons. The van der Waals surface area contributed by atoms with Crippen LogP contribution in [0, 0.1) is 0 Å². The third-order valence-electron chi connectivity index (χ3n) is 0.700. The fraction of sp³-hybridized carbons (Fsp3) is 0.750. The Balaban J connectivity index is 3.25. The lowest BCUT2D eigenvalue weighted by Crippen LogP contribution is -2.25. The largest absolute Gasteiger partial charge is 0.359 e. The first-order valence-corrected chi connectivity index (χ1v) is 3.05. The zero-order chi connectivity index (χ0) is 6.57. The van der Waals surface area contributed by atoms with E-state index in [4.69, 9.17) is 5.73 Å². The highest BCUT2D eigenvalue weighted by Gasteiger charge is 1.99. The fourth-order valence-corrected chi connectivity index (χ4v) is 0.530. The summed E-state index contributed by atoms with van der Waals surface area (Å²) in [4.78, 5) is 10.4. The molecule has 0 fully saturated rings. The van der Waals surface area contributed by atoms with Crippen molar-refractivity contribution in [1.29, 1.82) is 0 Å². The molecular formula is C4H11N2OP. The molecule has 0 aromatic carbocycles. The highest BCUT2D eigenvalue weighted by molar-refractivity contribution is 7.17. The summed E-state index contributed by atoms with van der Waals surface area (Å²) in [7, 11) is 3.94. The highest BCUT2D eigenvalue weighted by atomic mass is 31.0. The van der Waals surface area contributed by atoms with Gasteiger partial charge in [-0.2, -0.15) is 0 Å². The van der Waals surface area contributed by atoms with Crippen molar-refractivity contribution in [3.05, 3.63) is 0 Å². The van der Waals surface area contributed by atoms with E-state index in [0.29, 0.717) is 6.42 Å². The first kappa shape index (κ1) is 7.86. The van der Waals surface area contributed by atoms with Gasteiger partial charge in [-0.15, -0.1) is 9.24 Å². The van der Waals surface area contributed by atoms with E-state index < -0.39 is 0 Å². The molecule has 0 aromatic heterocycles. The minimum atomic E-state index is -0.116. The predicted molar refractivity (Wildman–Crippen MR) is 36.4 cm³/mol. The first-order chi connectivity index (χ1) is 3.66. The summed E-state index contributed by atoms with van der Waals surface area (Å²) >= 11 is 0. The molecule has 0 heterocycles. The van der Waals surface area contributed by atoms with Gasteiger partial charge in [-0.05, 0) is 0 Å². The quantitative estimate of drug-likeness (QED) is 0.490. The Morgan fingerprint density at radius 1 is 2.00 bits per heavy atom. The Kier molecular flexibility index (Phi) is 3.75. The van der Waals surface area contributed by atoms with Gasteiger partial charge in [0.25, 0.3) is 0 Å². The molecule has 0 bridgehead atoms. The Labute approximate surface area is 51.2 Å². The lowest BCUT2D eigenvalue weighted by atomic mass is 10.4. The number of hydrogen-bond acceptors (Lipinski definition) is 2. The van der Waals surface area contributed by atoms with Crippen LogP contribution in [0.25, 0.3) is 0 Å². The van der Waals surface area contributed by atoms with E-state index in [2.05, 4.69) is 14.6 Å². The topological polar surface area (TPSA) is 55.1 Å². The highest BCUT2D eigenvalue weighted by Crippen LogP contribution is 1.94. The minimum absolute atomic E-state index is 0.0208. The van der Waals surface area contributed by atoms with Gasteiger partial charge in [0.15, 0.2) is 0 Å². The molecular weight excluding hydrogens is 123 g/mol. The van der Waals surface area contributed by atoms with Crippen molar-refractivity contribution >= 4 is 15.1 Å². The lowest BCUT2D eigenvalue weighted by Gasteiger charge is -2.00. The van der Waals surface area contributed by atoms with E-state index in [0.717, 1.165) is 0 Å². The van der Waals surface area contributed by atoms with Crippen molar-refractivity contribution in [2.24, 2.45) is 5.73 Å². The van der Waals surface area contributed by atoms with Crippen LogP contribution in [0.5, 0.6) is 0 Å². The van der Waals surface area contributed by atoms with E-state index in [-0.39, 0.29) is 11.7 Å². The van der Waals surface area contributed by atoms with Crippen molar-refractivity contribution in [2.75, 3.05) is 7.05 Å². The predicted octanol–water partition coefficient (Wildman–Crippen LogP) is -0.718. The molecule has 0 aliphatic carbocycles. The van der Waals surface area contributed by atoms with Crippen molar-refractivity contribution in [3.63, 3.8) is 0 Å². The Morgan fingerprint density at radius 3 is 2.62 bits per heavy atom. The van der Waals surface area contributed by atoms with Crippen LogP contribution in [0.15, 0.2) is 0 Å². The standard InChI is InChI=1S/C4H11N2OP/c1-6-4(7)2-3(5)8/h3H,2,5,8H2,1H3,(H,6,7). The number of amides is 1. The second-order valence-electron chi connectivity index (χ2n) is 1.54. The Bertz CT molecular complexity index is 84.1. The van der Waals surface area contributed by atoms with Crippen LogP contribution in [0.3, 0.4) is 0 Å². The molecule has 8 heavy (non-hydrogen) atoms. The van der Waals surface area contributed by atoms with Crippen molar-refractivity contribution < 1.29 is 4.79 Å². The third-order valence-corrected chi connectivity index (χ3v) is 0.936. The maximum atomic E-state index is 10.4. The number of nitrogens with one attached hydrogen (secondary N) is 1. The van der Waals surface area contributed by atoms with Crippen LogP contribution in [0.4, 0.5) is 0 Å². The van der Waals surface area contributed by atoms with Gasteiger partial charge in [-0.1, -0.05) is 0 Å². The van der Waals surface area contributed by atoms with Crippen LogP contribution in [-0.2, 0) is 4.79 Å². The summed E-state index contributed by atoms with van der Waals surface area (Å²) in [5.41, 5.74) is 5.27. The maximum Gasteiger partial charge on any atom is 0.221 e. The molecule has 2 atom stereocenters. The Hall–Kier alpha value is -0.140. The van der Waals surface area contributed by atoms with Crippen LogP contribution >= 0.6 is 9.24 Å². The van der Waals surface area contributed by atoms with E-state index in [1.807, 2.05) is 0 Å². The number of rotatable bonds is 2. The van der Waals surface area contributed by atoms with Gasteiger partial charge in [-0.25, -0.2) is 0 Å². The van der Waals surface area contributed by atoms with E-state index in [1.165, 1.54) is 0 Å². The molecule has 0 aliphatic rings. The van der Waals surface area contributed by atoms with Gasteiger partial charge in [0.1, 0.15) is 0 Å². The lowest BCUT2D eigenvalue weighted by molar-refractivity contribution is -0.120. The second kappa shape index (κ2) is 3.81. The first-order valence-electron chi connectivity index (χ1n) is 2.38. The van der Waals surface area contributed by atoms with Crippen molar-refractivity contribution in [1.82, 2.24) is 5.32 Å². The Morgan fingerprint density at radius 2 is 2.50 bits per heavy atom. The number of carbonyl (C=O) groups is 1. The summed E-state index contributed by atoms with van der Waals surface area (Å²) in [6, 6.07) is 0. The maximum absolute atomic E-state index is 10.4. The average Bonchev–Trinajstić information content (AvgIpc) is 1.65. The molecule has 4 heteroatoms. The van der Waals surface area contributed by atoms with Crippen LogP contribution in [0.1, 0.15) is 6.42 Å². The SMILES string of the molecule is CNC(=O)CC(N)P. The molecule has 0 saturated heterocycles. The molecule has 1 amide bonds. The molecule has 0 aromatic rings. The summed E-state index contributed by atoms with van der Waals surface area (Å²) in [6.07, 6.45) is 0.376. The number of carbonyl (C=O) groups excluding carboxylic acids is 1. The van der Waals surface area contributed by atoms with E-state index >= 15 is 0 Å². The smallest absolute Gasteiger partial charge is 0.221 e. The van der Waals surface area contributed by atoms with E-state index in [9.17, 15) is 4.79 Å². The number of hydrogen-bond donors (Lipinski definition) is 2. The molecule has 0 rings (SSSR count). The monoisotopic (exact) mass is 134 g/mol. The van der Waals surface area contributed by atoms with Gasteiger partial charge in [0.05, 0.1) is 0 Å². The summed E-state index contributed by atoms with van der Waals surface area (Å²) in [6.45, 7) is 0. The average molecular weight is 134 g/mol. The second-order valence-corrected chi connectivity index (χ2v) is 2.40. The van der Waals surface area contributed by atoms with Crippen molar-refractivity contribution in [2.45, 2.75) is 12.2 Å². The zero-order valence-corrected chi connectivity index (χ0v) is 6.00. The molecule has 2 unspecified atom stereocenters. The molecule has 3 nitrogen and oxygen atoms in total. The van der Waals surface area contributed by atoms with Gasteiger partial charge in [0.2, 0.25) is 5.91 Å². The minimum Gasteiger partial charge on any atom is -0.359 e. The van der Waals surface area contributed by atoms with Gasteiger partial charge in [0, 0.05) is 19.3 Å². The summed E-state index contributed by atoms with van der Waals surface area (Å²) in [5, 5.41) is 2.46. The molecule has 0 aliphatic heterocycles. The van der Waals surface area contributed by atoms with Crippen LogP contribution in [-0.4, -0.2) is 18.7 Å². The zero-order valence-electron chi connectivity index (χ0n) is 4.85. The molecule has 3 N–H and O–H groups in total. The van der Waals surface area contributed by atoms with Crippen LogP contribution < -0.4 is 11.1 Å². The van der Waals surface area contributed by atoms with Gasteiger partial charge in [-0.3, -0.25) is 4.79 Å².